The minimum absolute atomic E-state index is 0.0182. The fourth-order valence-electron chi connectivity index (χ4n) is 11.5. The van der Waals surface area contributed by atoms with Crippen LogP contribution in [0.15, 0.2) is 36.3 Å². The molecule has 3 saturated carbocycles. The first-order chi connectivity index (χ1) is 18.0. The van der Waals surface area contributed by atoms with Crippen molar-refractivity contribution in [1.29, 1.82) is 0 Å². The molecule has 5 aliphatic carbocycles. The molecule has 4 heteroatoms. The van der Waals surface area contributed by atoms with Crippen molar-refractivity contribution in [2.45, 2.75) is 105 Å². The van der Waals surface area contributed by atoms with Gasteiger partial charge in [0.25, 0.3) is 5.95 Å². The minimum Gasteiger partial charge on any atom is -0.219 e. The summed E-state index contributed by atoms with van der Waals surface area (Å²) in [5, 5.41) is 4.41. The first-order valence-corrected chi connectivity index (χ1v) is 15.6. The Labute approximate surface area is 230 Å². The Morgan fingerprint density at radius 2 is 1.76 bits per heavy atom. The van der Waals surface area contributed by atoms with Crippen molar-refractivity contribution in [3.63, 3.8) is 0 Å². The summed E-state index contributed by atoms with van der Waals surface area (Å²) in [7, 11) is 0. The molecule has 0 spiro atoms. The van der Waals surface area contributed by atoms with E-state index in [2.05, 4.69) is 65.8 Å². The molecule has 7 rings (SSSR count). The first kappa shape index (κ1) is 25.0. The van der Waals surface area contributed by atoms with E-state index in [1.54, 1.807) is 10.9 Å². The molecule has 0 aliphatic heterocycles. The van der Waals surface area contributed by atoms with Crippen molar-refractivity contribution in [3.8, 4) is 5.95 Å². The molecular weight excluding hydrogens is 464 g/mol. The van der Waals surface area contributed by atoms with Gasteiger partial charge in [-0.1, -0.05) is 66.5 Å². The van der Waals surface area contributed by atoms with Crippen LogP contribution in [0.1, 0.15) is 105 Å². The number of nitrogens with zero attached hydrogens (tertiary/aromatic N) is 4. The van der Waals surface area contributed by atoms with Crippen LogP contribution in [0.3, 0.4) is 0 Å². The Kier molecular flexibility index (Phi) is 5.30. The van der Waals surface area contributed by atoms with Crippen LogP contribution in [-0.4, -0.2) is 19.7 Å². The van der Waals surface area contributed by atoms with E-state index in [0.29, 0.717) is 28.6 Å². The molecule has 9 atom stereocenters. The highest BCUT2D eigenvalue weighted by molar-refractivity contribution is 5.38. The van der Waals surface area contributed by atoms with Crippen LogP contribution < -0.4 is 0 Å². The third-order valence-electron chi connectivity index (χ3n) is 13.7. The van der Waals surface area contributed by atoms with Gasteiger partial charge in [0.05, 0.1) is 5.69 Å². The number of hydrogen-bond acceptors (Lipinski definition) is 3. The summed E-state index contributed by atoms with van der Waals surface area (Å²) in [5.74, 6) is 5.47. The molecule has 0 bridgehead atoms. The van der Waals surface area contributed by atoms with Crippen LogP contribution in [0.25, 0.3) is 5.95 Å². The molecule has 0 saturated heterocycles. The SMILES string of the molecule is C[C@@H]1[C@H]2C3=CC[C@@H]4[C@@]5(C)Cc6cnc(-n7cccn7)nc6C(C)(C)[C@@H]5CC[C@@]4(C)[C@]3(C)CC[C@@H]2CC[C@H]1C. The van der Waals surface area contributed by atoms with E-state index >= 15 is 0 Å². The molecule has 3 fully saturated rings. The van der Waals surface area contributed by atoms with Gasteiger partial charge in [-0.25, -0.2) is 14.6 Å². The Morgan fingerprint density at radius 1 is 0.947 bits per heavy atom. The van der Waals surface area contributed by atoms with Crippen LogP contribution in [0.2, 0.25) is 0 Å². The van der Waals surface area contributed by atoms with Crippen molar-refractivity contribution in [1.82, 2.24) is 19.7 Å². The number of hydrogen-bond donors (Lipinski definition) is 0. The highest BCUT2D eigenvalue weighted by Gasteiger charge is 2.67. The van der Waals surface area contributed by atoms with Crippen LogP contribution in [0.4, 0.5) is 0 Å². The zero-order valence-electron chi connectivity index (χ0n) is 24.8. The molecular formula is C34H48N4. The fourth-order valence-corrected chi connectivity index (χ4v) is 11.5. The standard InChI is InChI=1S/C34H48N4/c1-21-9-10-23-13-15-33(6)25(28(23)22(21)2)11-12-27-32(5)19-24-20-35-30(38-18-8-17-36-38)37-29(24)31(3,4)26(32)14-16-34(27,33)7/h8,11,17-18,20-23,26-28H,9-10,12-16,19H2,1-7H3/t21-,22+,23+,26+,27-,28-,32+,33-,34-/m1/s1. The Morgan fingerprint density at radius 3 is 2.53 bits per heavy atom. The molecule has 0 radical (unpaired) electrons. The molecule has 2 heterocycles. The van der Waals surface area contributed by atoms with Gasteiger partial charge in [0.1, 0.15) is 0 Å². The molecule has 2 aromatic rings. The predicted octanol–water partition coefficient (Wildman–Crippen LogP) is 7.96. The van der Waals surface area contributed by atoms with E-state index in [9.17, 15) is 0 Å². The van der Waals surface area contributed by atoms with Crippen LogP contribution in [0.5, 0.6) is 0 Å². The van der Waals surface area contributed by atoms with Gasteiger partial charge in [-0.3, -0.25) is 0 Å². The molecule has 0 amide bonds. The maximum Gasteiger partial charge on any atom is 0.250 e. The third kappa shape index (κ3) is 3.07. The monoisotopic (exact) mass is 512 g/mol. The maximum atomic E-state index is 5.17. The van der Waals surface area contributed by atoms with Gasteiger partial charge in [0.2, 0.25) is 0 Å². The average molecular weight is 513 g/mol. The molecule has 0 aromatic carbocycles. The number of allylic oxidation sites excluding steroid dienone is 2. The molecule has 204 valence electrons. The second-order valence-corrected chi connectivity index (χ2v) is 15.4. The third-order valence-corrected chi connectivity index (χ3v) is 13.7. The van der Waals surface area contributed by atoms with Gasteiger partial charge in [-0.15, -0.1) is 0 Å². The maximum absolute atomic E-state index is 5.17. The molecule has 5 aliphatic rings. The van der Waals surface area contributed by atoms with Crippen molar-refractivity contribution < 1.29 is 0 Å². The van der Waals surface area contributed by atoms with Crippen LogP contribution >= 0.6 is 0 Å². The van der Waals surface area contributed by atoms with Crippen molar-refractivity contribution >= 4 is 0 Å². The number of fused-ring (bicyclic) bond motifs is 8. The zero-order chi connectivity index (χ0) is 26.7. The zero-order valence-corrected chi connectivity index (χ0v) is 24.8. The number of rotatable bonds is 1. The summed E-state index contributed by atoms with van der Waals surface area (Å²) in [5.41, 5.74) is 5.48. The topological polar surface area (TPSA) is 43.6 Å². The summed E-state index contributed by atoms with van der Waals surface area (Å²) in [6.07, 6.45) is 19.4. The second-order valence-electron chi connectivity index (χ2n) is 15.4. The summed E-state index contributed by atoms with van der Waals surface area (Å²) in [4.78, 5) is 9.98. The summed E-state index contributed by atoms with van der Waals surface area (Å²) in [6, 6.07) is 1.95. The molecule has 0 unspecified atom stereocenters. The van der Waals surface area contributed by atoms with Crippen LogP contribution in [-0.2, 0) is 11.8 Å². The Hall–Kier alpha value is -1.97. The van der Waals surface area contributed by atoms with Crippen molar-refractivity contribution in [2.75, 3.05) is 0 Å². The number of aromatic nitrogens is 4. The molecule has 0 N–H and O–H groups in total. The summed E-state index contributed by atoms with van der Waals surface area (Å²) in [6.45, 7) is 18.1. The van der Waals surface area contributed by atoms with E-state index < -0.39 is 0 Å². The van der Waals surface area contributed by atoms with E-state index in [-0.39, 0.29) is 10.8 Å². The average Bonchev–Trinajstić information content (AvgIpc) is 3.41. The van der Waals surface area contributed by atoms with Gasteiger partial charge in [0.15, 0.2) is 0 Å². The van der Waals surface area contributed by atoms with Crippen molar-refractivity contribution in [3.05, 3.63) is 47.6 Å². The molecule has 2 aromatic heterocycles. The van der Waals surface area contributed by atoms with Gasteiger partial charge >= 0.3 is 0 Å². The summed E-state index contributed by atoms with van der Waals surface area (Å²) < 4.78 is 1.81. The van der Waals surface area contributed by atoms with E-state index in [0.717, 1.165) is 30.1 Å². The van der Waals surface area contributed by atoms with E-state index in [1.165, 1.54) is 56.2 Å². The quantitative estimate of drug-likeness (QED) is 0.364. The molecule has 4 nitrogen and oxygen atoms in total. The van der Waals surface area contributed by atoms with Gasteiger partial charge < -0.3 is 0 Å². The smallest absolute Gasteiger partial charge is 0.219 e. The van der Waals surface area contributed by atoms with Crippen LogP contribution in [0, 0.1) is 51.8 Å². The predicted molar refractivity (Wildman–Crippen MR) is 153 cm³/mol. The lowest BCUT2D eigenvalue weighted by Gasteiger charge is -2.70. The van der Waals surface area contributed by atoms with Gasteiger partial charge in [0, 0.05) is 24.0 Å². The van der Waals surface area contributed by atoms with Gasteiger partial charge in [-0.05, 0) is 108 Å². The normalized spacial score (nSPS) is 45.1. The highest BCUT2D eigenvalue weighted by atomic mass is 15.3. The lowest BCUT2D eigenvalue weighted by molar-refractivity contribution is -0.154. The fraction of sp³-hybridized carbons (Fsp3) is 0.735. The van der Waals surface area contributed by atoms with Gasteiger partial charge in [-0.2, -0.15) is 5.10 Å². The Balaban J connectivity index is 1.30. The summed E-state index contributed by atoms with van der Waals surface area (Å²) >= 11 is 0. The van der Waals surface area contributed by atoms with Crippen molar-refractivity contribution in [2.24, 2.45) is 51.8 Å². The van der Waals surface area contributed by atoms with E-state index in [4.69, 9.17) is 9.97 Å². The lowest BCUT2D eigenvalue weighted by atomic mass is 9.34. The Bertz CT molecular complexity index is 1270. The highest BCUT2D eigenvalue weighted by Crippen LogP contribution is 2.73. The molecule has 38 heavy (non-hydrogen) atoms. The minimum atomic E-state index is 0.0182. The largest absolute Gasteiger partial charge is 0.250 e. The second kappa shape index (κ2) is 8.04. The first-order valence-electron chi connectivity index (χ1n) is 15.6. The lowest BCUT2D eigenvalue weighted by Crippen LogP contribution is -2.63. The van der Waals surface area contributed by atoms with E-state index in [1.807, 2.05) is 17.8 Å².